The van der Waals surface area contributed by atoms with Gasteiger partial charge in [-0.3, -0.25) is 9.59 Å². The van der Waals surface area contributed by atoms with Crippen molar-refractivity contribution in [3.8, 4) is 0 Å². The molecular weight excluding hydrogens is 366 g/mol. The minimum Gasteiger partial charge on any atom is -0.459 e. The summed E-state index contributed by atoms with van der Waals surface area (Å²) in [7, 11) is 0. The highest BCUT2D eigenvalue weighted by molar-refractivity contribution is 5.99. The van der Waals surface area contributed by atoms with E-state index in [9.17, 15) is 9.59 Å². The number of nitrogens with zero attached hydrogens (tertiary/aromatic N) is 1. The Balaban J connectivity index is 1.24. The minimum absolute atomic E-state index is 0.0338. The van der Waals surface area contributed by atoms with Gasteiger partial charge >= 0.3 is 0 Å². The largest absolute Gasteiger partial charge is 0.459 e. The van der Waals surface area contributed by atoms with Crippen molar-refractivity contribution in [2.45, 2.75) is 44.6 Å². The van der Waals surface area contributed by atoms with Crippen molar-refractivity contribution in [2.24, 2.45) is 0 Å². The van der Waals surface area contributed by atoms with Crippen LogP contribution in [0.15, 0.2) is 41.0 Å². The van der Waals surface area contributed by atoms with Crippen LogP contribution in [-0.2, 0) is 12.8 Å². The molecule has 2 N–H and O–H groups in total. The lowest BCUT2D eigenvalue weighted by atomic mass is 9.95. The average Bonchev–Trinajstić information content (AvgIpc) is 3.41. The van der Waals surface area contributed by atoms with E-state index in [0.717, 1.165) is 31.2 Å². The van der Waals surface area contributed by atoms with Gasteiger partial charge in [0.2, 0.25) is 0 Å². The Hall–Kier alpha value is -3.02. The number of rotatable bonds is 3. The predicted molar refractivity (Wildman–Crippen MR) is 110 cm³/mol. The van der Waals surface area contributed by atoms with E-state index < -0.39 is 0 Å². The first-order chi connectivity index (χ1) is 14.2. The smallest absolute Gasteiger partial charge is 0.289 e. The summed E-state index contributed by atoms with van der Waals surface area (Å²) in [5.74, 6) is 0.256. The van der Waals surface area contributed by atoms with Crippen LogP contribution in [0.2, 0.25) is 0 Å². The molecule has 1 aliphatic carbocycles. The second kappa shape index (κ2) is 7.43. The van der Waals surface area contributed by atoms with Crippen molar-refractivity contribution in [3.05, 3.63) is 59.2 Å². The molecule has 0 spiro atoms. The summed E-state index contributed by atoms with van der Waals surface area (Å²) in [4.78, 5) is 30.5. The number of H-pyrrole nitrogens is 1. The van der Waals surface area contributed by atoms with Gasteiger partial charge in [0, 0.05) is 41.3 Å². The Morgan fingerprint density at radius 1 is 1.10 bits per heavy atom. The van der Waals surface area contributed by atoms with Crippen LogP contribution in [0.1, 0.15) is 57.9 Å². The van der Waals surface area contributed by atoms with E-state index >= 15 is 0 Å². The second-order valence-corrected chi connectivity index (χ2v) is 8.07. The number of amides is 2. The molecule has 1 saturated heterocycles. The Morgan fingerprint density at radius 2 is 1.93 bits per heavy atom. The number of likely N-dealkylation sites (tertiary alicyclic amines) is 1. The van der Waals surface area contributed by atoms with Crippen LogP contribution in [0.5, 0.6) is 0 Å². The zero-order valence-corrected chi connectivity index (χ0v) is 16.4. The van der Waals surface area contributed by atoms with Gasteiger partial charge in [-0.05, 0) is 74.4 Å². The predicted octanol–water partition coefficient (Wildman–Crippen LogP) is 3.67. The highest BCUT2D eigenvalue weighted by Crippen LogP contribution is 2.29. The first-order valence-electron chi connectivity index (χ1n) is 10.5. The summed E-state index contributed by atoms with van der Waals surface area (Å²) in [6, 6.07) is 9.44. The van der Waals surface area contributed by atoms with E-state index in [1.807, 2.05) is 18.2 Å². The number of carbonyl (C=O) groups excluding carboxylic acids is 2. The van der Waals surface area contributed by atoms with Gasteiger partial charge in [0.1, 0.15) is 0 Å². The molecule has 5 rings (SSSR count). The number of hydrogen-bond donors (Lipinski definition) is 2. The van der Waals surface area contributed by atoms with Crippen molar-refractivity contribution in [1.29, 1.82) is 0 Å². The topological polar surface area (TPSA) is 78.3 Å². The number of carbonyl (C=O) groups is 2. The fourth-order valence-electron chi connectivity index (χ4n) is 4.60. The zero-order chi connectivity index (χ0) is 19.8. The number of aryl methyl sites for hydroxylation is 2. The van der Waals surface area contributed by atoms with Crippen molar-refractivity contribution >= 4 is 22.7 Å². The van der Waals surface area contributed by atoms with Gasteiger partial charge in [-0.15, -0.1) is 0 Å². The highest BCUT2D eigenvalue weighted by atomic mass is 16.3. The summed E-state index contributed by atoms with van der Waals surface area (Å²) in [5, 5.41) is 4.34. The van der Waals surface area contributed by atoms with Gasteiger partial charge < -0.3 is 19.6 Å². The molecule has 1 aliphatic heterocycles. The number of hydrogen-bond acceptors (Lipinski definition) is 3. The summed E-state index contributed by atoms with van der Waals surface area (Å²) >= 11 is 0. The molecule has 150 valence electrons. The molecule has 1 aromatic carbocycles. The van der Waals surface area contributed by atoms with E-state index in [1.165, 1.54) is 35.7 Å². The maximum atomic E-state index is 12.8. The van der Waals surface area contributed by atoms with Crippen molar-refractivity contribution < 1.29 is 14.0 Å². The lowest BCUT2D eigenvalue weighted by molar-refractivity contribution is 0.0667. The maximum Gasteiger partial charge on any atom is 0.289 e. The number of aromatic nitrogens is 1. The molecule has 29 heavy (non-hydrogen) atoms. The standard InChI is InChI=1S/C23H25N3O3/c27-22(15-7-8-20-18(14-15)17-4-1-2-5-19(17)25-20)24-16-9-11-26(12-10-16)23(28)21-6-3-13-29-21/h3,6-8,13-14,16,25H,1-2,4-5,9-12H2,(H,24,27). The SMILES string of the molecule is O=C(NC1CCN(C(=O)c2ccco2)CC1)c1ccc2[nH]c3c(c2c1)CCCC3. The lowest BCUT2D eigenvalue weighted by Crippen LogP contribution is -2.46. The molecule has 0 saturated carbocycles. The van der Waals surface area contributed by atoms with Gasteiger partial charge in [-0.25, -0.2) is 0 Å². The molecule has 3 heterocycles. The number of piperidine rings is 1. The molecule has 3 aromatic rings. The monoisotopic (exact) mass is 391 g/mol. The van der Waals surface area contributed by atoms with Crippen molar-refractivity contribution in [2.75, 3.05) is 13.1 Å². The summed E-state index contributed by atoms with van der Waals surface area (Å²) < 4.78 is 5.20. The fourth-order valence-corrected chi connectivity index (χ4v) is 4.60. The number of nitrogens with one attached hydrogen (secondary N) is 2. The third kappa shape index (κ3) is 3.43. The van der Waals surface area contributed by atoms with Crippen LogP contribution < -0.4 is 5.32 Å². The highest BCUT2D eigenvalue weighted by Gasteiger charge is 2.26. The fraction of sp³-hybridized carbons (Fsp3) is 0.391. The molecule has 6 nitrogen and oxygen atoms in total. The van der Waals surface area contributed by atoms with Gasteiger partial charge in [0.15, 0.2) is 5.76 Å². The maximum absolute atomic E-state index is 12.8. The third-order valence-electron chi connectivity index (χ3n) is 6.21. The lowest BCUT2D eigenvalue weighted by Gasteiger charge is -2.31. The quantitative estimate of drug-likeness (QED) is 0.715. The van der Waals surface area contributed by atoms with Gasteiger partial charge in [-0.2, -0.15) is 0 Å². The molecule has 0 radical (unpaired) electrons. The van der Waals surface area contributed by atoms with E-state index in [4.69, 9.17) is 4.42 Å². The average molecular weight is 391 g/mol. The molecule has 0 unspecified atom stereocenters. The number of benzene rings is 1. The van der Waals surface area contributed by atoms with Crippen molar-refractivity contribution in [3.63, 3.8) is 0 Å². The van der Waals surface area contributed by atoms with E-state index in [2.05, 4.69) is 10.3 Å². The third-order valence-corrected chi connectivity index (χ3v) is 6.21. The number of furan rings is 1. The van der Waals surface area contributed by atoms with Crippen LogP contribution in [-0.4, -0.2) is 40.8 Å². The normalized spacial score (nSPS) is 17.3. The Morgan fingerprint density at radius 3 is 2.72 bits per heavy atom. The van der Waals surface area contributed by atoms with E-state index in [0.29, 0.717) is 24.4 Å². The zero-order valence-electron chi connectivity index (χ0n) is 16.4. The number of fused-ring (bicyclic) bond motifs is 3. The molecule has 2 aromatic heterocycles. The van der Waals surface area contributed by atoms with Crippen molar-refractivity contribution in [1.82, 2.24) is 15.2 Å². The van der Waals surface area contributed by atoms with Crippen LogP contribution in [0.25, 0.3) is 10.9 Å². The van der Waals surface area contributed by atoms with Crippen LogP contribution in [0, 0.1) is 0 Å². The van der Waals surface area contributed by atoms with Gasteiger partial charge in [0.05, 0.1) is 6.26 Å². The molecule has 1 fully saturated rings. The second-order valence-electron chi connectivity index (χ2n) is 8.07. The van der Waals surface area contributed by atoms with E-state index in [1.54, 1.807) is 17.0 Å². The van der Waals surface area contributed by atoms with Crippen LogP contribution in [0.4, 0.5) is 0 Å². The first-order valence-corrected chi connectivity index (χ1v) is 10.5. The van der Waals surface area contributed by atoms with E-state index in [-0.39, 0.29) is 17.9 Å². The minimum atomic E-state index is -0.0811. The Bertz CT molecular complexity index is 1040. The van der Waals surface area contributed by atoms with Crippen LogP contribution in [0.3, 0.4) is 0 Å². The molecule has 2 aliphatic rings. The molecule has 0 bridgehead atoms. The molecule has 2 amide bonds. The van der Waals surface area contributed by atoms with Gasteiger partial charge in [0.25, 0.3) is 11.8 Å². The molecular formula is C23H25N3O3. The number of aromatic amines is 1. The Kier molecular flexibility index (Phi) is 4.62. The first kappa shape index (κ1) is 18.0. The molecule has 0 atom stereocenters. The van der Waals surface area contributed by atoms with Crippen LogP contribution >= 0.6 is 0 Å². The van der Waals surface area contributed by atoms with Gasteiger partial charge in [-0.1, -0.05) is 0 Å². The molecule has 6 heteroatoms. The summed E-state index contributed by atoms with van der Waals surface area (Å²) in [6.07, 6.45) is 7.64. The summed E-state index contributed by atoms with van der Waals surface area (Å²) in [5.41, 5.74) is 4.54. The summed E-state index contributed by atoms with van der Waals surface area (Å²) in [6.45, 7) is 1.24. The Labute approximate surface area is 169 Å².